The summed E-state index contributed by atoms with van der Waals surface area (Å²) in [6, 6.07) is 11.2. The number of hydrogen-bond donors (Lipinski definition) is 1. The molecule has 158 valence electrons. The molecule has 1 aromatic carbocycles. The number of methoxy groups -OCH3 is 1. The summed E-state index contributed by atoms with van der Waals surface area (Å²) in [5, 5.41) is 11.3. The fraction of sp³-hybridized carbons (Fsp3) is 0.455. The summed E-state index contributed by atoms with van der Waals surface area (Å²) in [4.78, 5) is 29.0. The summed E-state index contributed by atoms with van der Waals surface area (Å²) >= 11 is 0. The molecule has 1 N–H and O–H groups in total. The van der Waals surface area contributed by atoms with Crippen LogP contribution in [0.15, 0.2) is 36.4 Å². The van der Waals surface area contributed by atoms with E-state index in [1.807, 2.05) is 35.2 Å². The largest absolute Gasteiger partial charge is 0.480 e. The van der Waals surface area contributed by atoms with Crippen LogP contribution in [0.4, 0.5) is 4.79 Å². The fourth-order valence-electron chi connectivity index (χ4n) is 4.03. The van der Waals surface area contributed by atoms with Gasteiger partial charge in [0.1, 0.15) is 0 Å². The lowest BCUT2D eigenvalue weighted by molar-refractivity contribution is 0.0663. The Morgan fingerprint density at radius 3 is 2.40 bits per heavy atom. The van der Waals surface area contributed by atoms with Crippen molar-refractivity contribution in [1.82, 2.24) is 25.3 Å². The Morgan fingerprint density at radius 2 is 1.73 bits per heavy atom. The average molecular weight is 409 g/mol. The maximum absolute atomic E-state index is 13.0. The van der Waals surface area contributed by atoms with Crippen molar-refractivity contribution < 1.29 is 14.3 Å². The van der Waals surface area contributed by atoms with Crippen LogP contribution < -0.4 is 10.1 Å². The van der Waals surface area contributed by atoms with Crippen molar-refractivity contribution in [2.75, 3.05) is 33.3 Å². The molecule has 0 unspecified atom stereocenters. The third-order valence-corrected chi connectivity index (χ3v) is 5.79. The third kappa shape index (κ3) is 4.53. The number of benzene rings is 1. The SMILES string of the molecule is COc1ccc(-c2cccc(C(=O)N3CCN(C(=O)NC4CCCC4)CC3)c2)nn1. The standard InChI is InChI=1S/C22H27N5O3/c1-30-20-10-9-19(24-25-20)16-5-4-6-17(15-16)21(28)26-11-13-27(14-12-26)22(29)23-18-7-2-3-8-18/h4-6,9-10,15,18H,2-3,7-8,11-14H2,1H3,(H,23,29). The average Bonchev–Trinajstić information content (AvgIpc) is 3.32. The minimum atomic E-state index is -0.0332. The van der Waals surface area contributed by atoms with Crippen LogP contribution in [0.2, 0.25) is 0 Å². The van der Waals surface area contributed by atoms with Crippen LogP contribution in [-0.4, -0.2) is 71.3 Å². The highest BCUT2D eigenvalue weighted by molar-refractivity contribution is 5.95. The molecule has 1 saturated heterocycles. The molecule has 1 aliphatic heterocycles. The van der Waals surface area contributed by atoms with Crippen LogP contribution in [0.1, 0.15) is 36.0 Å². The first-order valence-electron chi connectivity index (χ1n) is 10.5. The van der Waals surface area contributed by atoms with Crippen molar-refractivity contribution >= 4 is 11.9 Å². The molecule has 3 amide bonds. The van der Waals surface area contributed by atoms with E-state index in [0.29, 0.717) is 49.4 Å². The predicted octanol–water partition coefficient (Wildman–Crippen LogP) is 2.56. The highest BCUT2D eigenvalue weighted by atomic mass is 16.5. The van der Waals surface area contributed by atoms with Crippen LogP contribution in [-0.2, 0) is 0 Å². The van der Waals surface area contributed by atoms with Crippen molar-refractivity contribution in [3.05, 3.63) is 42.0 Å². The molecule has 30 heavy (non-hydrogen) atoms. The second-order valence-corrected chi connectivity index (χ2v) is 7.75. The second kappa shape index (κ2) is 9.11. The van der Waals surface area contributed by atoms with Crippen molar-refractivity contribution in [2.24, 2.45) is 0 Å². The Morgan fingerprint density at radius 1 is 1.00 bits per heavy atom. The molecule has 0 bridgehead atoms. The van der Waals surface area contributed by atoms with Gasteiger partial charge in [0.25, 0.3) is 5.91 Å². The molecular formula is C22H27N5O3. The van der Waals surface area contributed by atoms with E-state index in [9.17, 15) is 9.59 Å². The van der Waals surface area contributed by atoms with Gasteiger partial charge in [0.05, 0.1) is 12.8 Å². The summed E-state index contributed by atoms with van der Waals surface area (Å²) in [6.07, 6.45) is 4.51. The number of amides is 3. The number of nitrogens with zero attached hydrogens (tertiary/aromatic N) is 4. The Kier molecular flexibility index (Phi) is 6.11. The predicted molar refractivity (Wildman–Crippen MR) is 112 cm³/mol. The molecular weight excluding hydrogens is 382 g/mol. The number of carbonyl (C=O) groups excluding carboxylic acids is 2. The van der Waals surface area contributed by atoms with Crippen LogP contribution in [0.3, 0.4) is 0 Å². The molecule has 0 radical (unpaired) electrons. The van der Waals surface area contributed by atoms with Crippen LogP contribution in [0.25, 0.3) is 11.3 Å². The fourth-order valence-corrected chi connectivity index (χ4v) is 4.03. The maximum atomic E-state index is 13.0. The van der Waals surface area contributed by atoms with Crippen molar-refractivity contribution in [3.8, 4) is 17.1 Å². The van der Waals surface area contributed by atoms with E-state index in [2.05, 4.69) is 15.5 Å². The minimum absolute atomic E-state index is 0.00548. The van der Waals surface area contributed by atoms with Crippen LogP contribution in [0.5, 0.6) is 5.88 Å². The normalized spacial score (nSPS) is 17.1. The van der Waals surface area contributed by atoms with Gasteiger partial charge in [0, 0.05) is 49.4 Å². The number of aromatic nitrogens is 2. The van der Waals surface area contributed by atoms with E-state index >= 15 is 0 Å². The lowest BCUT2D eigenvalue weighted by Gasteiger charge is -2.35. The second-order valence-electron chi connectivity index (χ2n) is 7.75. The molecule has 2 heterocycles. The quantitative estimate of drug-likeness (QED) is 0.839. The number of carbonyl (C=O) groups is 2. The first-order chi connectivity index (χ1) is 14.6. The van der Waals surface area contributed by atoms with E-state index in [-0.39, 0.29) is 11.9 Å². The van der Waals surface area contributed by atoms with Gasteiger partial charge < -0.3 is 19.9 Å². The van der Waals surface area contributed by atoms with E-state index in [1.54, 1.807) is 18.1 Å². The number of urea groups is 1. The summed E-state index contributed by atoms with van der Waals surface area (Å²) in [7, 11) is 1.54. The third-order valence-electron chi connectivity index (χ3n) is 5.79. The van der Waals surface area contributed by atoms with Gasteiger partial charge in [-0.3, -0.25) is 4.79 Å². The van der Waals surface area contributed by atoms with Crippen LogP contribution >= 0.6 is 0 Å². The Bertz CT molecular complexity index is 888. The monoisotopic (exact) mass is 409 g/mol. The molecule has 1 aliphatic carbocycles. The van der Waals surface area contributed by atoms with Gasteiger partial charge in [0.2, 0.25) is 5.88 Å². The summed E-state index contributed by atoms with van der Waals surface area (Å²) in [5.41, 5.74) is 2.11. The van der Waals surface area contributed by atoms with Gasteiger partial charge in [-0.05, 0) is 31.0 Å². The van der Waals surface area contributed by atoms with Gasteiger partial charge in [-0.15, -0.1) is 10.2 Å². The van der Waals surface area contributed by atoms with Gasteiger partial charge in [-0.2, -0.15) is 0 Å². The smallest absolute Gasteiger partial charge is 0.317 e. The number of piperazine rings is 1. The highest BCUT2D eigenvalue weighted by Gasteiger charge is 2.27. The van der Waals surface area contributed by atoms with E-state index in [1.165, 1.54) is 12.8 Å². The summed E-state index contributed by atoms with van der Waals surface area (Å²) in [6.45, 7) is 2.16. The number of ether oxygens (including phenoxy) is 1. The van der Waals surface area contributed by atoms with Crippen molar-refractivity contribution in [3.63, 3.8) is 0 Å². The van der Waals surface area contributed by atoms with E-state index < -0.39 is 0 Å². The zero-order chi connectivity index (χ0) is 20.9. The molecule has 0 atom stereocenters. The first kappa shape index (κ1) is 20.1. The van der Waals surface area contributed by atoms with Gasteiger partial charge in [0.15, 0.2) is 0 Å². The molecule has 2 aromatic rings. The lowest BCUT2D eigenvalue weighted by atomic mass is 10.1. The van der Waals surface area contributed by atoms with Crippen molar-refractivity contribution in [2.45, 2.75) is 31.7 Å². The van der Waals surface area contributed by atoms with E-state index in [4.69, 9.17) is 4.74 Å². The van der Waals surface area contributed by atoms with Gasteiger partial charge >= 0.3 is 6.03 Å². The molecule has 1 saturated carbocycles. The van der Waals surface area contributed by atoms with Gasteiger partial charge in [-0.25, -0.2) is 4.79 Å². The Balaban J connectivity index is 1.36. The number of hydrogen-bond acceptors (Lipinski definition) is 5. The minimum Gasteiger partial charge on any atom is -0.480 e. The molecule has 8 heteroatoms. The molecule has 0 spiro atoms. The highest BCUT2D eigenvalue weighted by Crippen LogP contribution is 2.21. The molecule has 2 aliphatic rings. The molecule has 8 nitrogen and oxygen atoms in total. The van der Waals surface area contributed by atoms with Gasteiger partial charge in [-0.1, -0.05) is 25.0 Å². The van der Waals surface area contributed by atoms with E-state index in [0.717, 1.165) is 18.4 Å². The zero-order valence-corrected chi connectivity index (χ0v) is 17.2. The zero-order valence-electron chi connectivity index (χ0n) is 17.2. The topological polar surface area (TPSA) is 87.7 Å². The maximum Gasteiger partial charge on any atom is 0.317 e. The first-order valence-corrected chi connectivity index (χ1v) is 10.5. The molecule has 1 aromatic heterocycles. The number of rotatable bonds is 4. The molecule has 2 fully saturated rings. The van der Waals surface area contributed by atoms with Crippen LogP contribution in [0, 0.1) is 0 Å². The molecule has 4 rings (SSSR count). The number of nitrogens with one attached hydrogen (secondary N) is 1. The lowest BCUT2D eigenvalue weighted by Crippen LogP contribution is -2.54. The Hall–Kier alpha value is -3.16. The Labute approximate surface area is 176 Å². The summed E-state index contributed by atoms with van der Waals surface area (Å²) < 4.78 is 5.04. The van der Waals surface area contributed by atoms with Crippen molar-refractivity contribution in [1.29, 1.82) is 0 Å². The summed E-state index contributed by atoms with van der Waals surface area (Å²) in [5.74, 6) is 0.412.